The molecule has 4 N–H and O–H groups in total. The van der Waals surface area contributed by atoms with Crippen molar-refractivity contribution in [3.8, 4) is 11.3 Å². The Kier molecular flexibility index (Phi) is 7.73. The molecule has 2 amide bonds. The fourth-order valence-electron chi connectivity index (χ4n) is 2.35. The van der Waals surface area contributed by atoms with E-state index < -0.39 is 0 Å². The molecule has 2 rings (SSSR count). The van der Waals surface area contributed by atoms with Crippen LogP contribution in [0.15, 0.2) is 36.5 Å². The van der Waals surface area contributed by atoms with E-state index in [1.165, 1.54) is 0 Å². The second-order valence-electron chi connectivity index (χ2n) is 5.61. The van der Waals surface area contributed by atoms with Crippen LogP contribution in [-0.2, 0) is 0 Å². The van der Waals surface area contributed by atoms with E-state index in [0.717, 1.165) is 0 Å². The fraction of sp³-hybridized carbons (Fsp3) is 0.316. The minimum atomic E-state index is -0.221. The number of benzene rings is 1. The van der Waals surface area contributed by atoms with Crippen LogP contribution >= 0.6 is 0 Å². The van der Waals surface area contributed by atoms with Crippen LogP contribution in [0.2, 0.25) is 0 Å². The molecule has 7 nitrogen and oxygen atoms in total. The van der Waals surface area contributed by atoms with Crippen molar-refractivity contribution in [2.75, 3.05) is 40.3 Å². The van der Waals surface area contributed by atoms with E-state index in [9.17, 15) is 9.59 Å². The third-order valence-electron chi connectivity index (χ3n) is 3.70. The molecule has 7 heteroatoms. The molecule has 1 aromatic carbocycles. The normalized spacial score (nSPS) is 10.4. The first-order valence-electron chi connectivity index (χ1n) is 8.50. The lowest BCUT2D eigenvalue weighted by atomic mass is 10.0. The van der Waals surface area contributed by atoms with Crippen LogP contribution < -0.4 is 21.3 Å². The van der Waals surface area contributed by atoms with Gasteiger partial charge in [-0.05, 0) is 32.3 Å². The second kappa shape index (κ2) is 10.3. The Hall–Kier alpha value is -2.77. The van der Waals surface area contributed by atoms with E-state index in [1.54, 1.807) is 36.5 Å². The molecular formula is C19H24N5O2. The predicted octanol–water partition coefficient (Wildman–Crippen LogP) is 0.447. The van der Waals surface area contributed by atoms with Crippen LogP contribution in [0.5, 0.6) is 0 Å². The van der Waals surface area contributed by atoms with Gasteiger partial charge in [0.15, 0.2) is 0 Å². The molecule has 0 aliphatic rings. The van der Waals surface area contributed by atoms with Crippen molar-refractivity contribution in [3.05, 3.63) is 53.7 Å². The van der Waals surface area contributed by atoms with Gasteiger partial charge in [0.25, 0.3) is 11.8 Å². The number of nitrogens with one attached hydrogen (secondary N) is 4. The Labute approximate surface area is 153 Å². The van der Waals surface area contributed by atoms with Crippen molar-refractivity contribution >= 4 is 11.8 Å². The van der Waals surface area contributed by atoms with Gasteiger partial charge in [0.1, 0.15) is 0 Å². The van der Waals surface area contributed by atoms with Crippen LogP contribution in [0.25, 0.3) is 11.3 Å². The first kappa shape index (κ1) is 19.6. The first-order chi connectivity index (χ1) is 12.7. The highest BCUT2D eigenvalue weighted by Crippen LogP contribution is 2.22. The summed E-state index contributed by atoms with van der Waals surface area (Å²) in [5.41, 5.74) is 2.10. The molecule has 137 valence electrons. The molecule has 1 aromatic heterocycles. The number of aromatic nitrogens is 1. The van der Waals surface area contributed by atoms with Crippen molar-refractivity contribution in [1.29, 1.82) is 0 Å². The first-order valence-corrected chi connectivity index (χ1v) is 8.50. The van der Waals surface area contributed by atoms with Gasteiger partial charge in [-0.15, -0.1) is 0 Å². The molecule has 0 aliphatic heterocycles. The van der Waals surface area contributed by atoms with Gasteiger partial charge in [0, 0.05) is 43.5 Å². The van der Waals surface area contributed by atoms with Crippen LogP contribution in [0.1, 0.15) is 20.7 Å². The highest BCUT2D eigenvalue weighted by molar-refractivity contribution is 6.01. The van der Waals surface area contributed by atoms with Gasteiger partial charge < -0.3 is 21.3 Å². The Bertz CT molecular complexity index is 748. The molecule has 0 bridgehead atoms. The minimum absolute atomic E-state index is 0.177. The molecule has 26 heavy (non-hydrogen) atoms. The summed E-state index contributed by atoms with van der Waals surface area (Å²) in [7, 11) is 3.65. The predicted molar refractivity (Wildman–Crippen MR) is 101 cm³/mol. The molecule has 0 spiro atoms. The standard InChI is InChI=1S/C19H24N5O2/c1-20-9-11-23-18(25)14-7-8-22-17(13-14)15-5-3-4-6-16(15)19(26)24-12-10-21-2/h3-5,7-8,13,20-21H,9-12H2,1-2H3,(H,23,25)(H,24,26). The van der Waals surface area contributed by atoms with E-state index >= 15 is 0 Å². The molecule has 2 aromatic rings. The lowest BCUT2D eigenvalue weighted by Crippen LogP contribution is -2.31. The number of hydrogen-bond acceptors (Lipinski definition) is 5. The molecule has 1 heterocycles. The Balaban J connectivity index is 2.22. The van der Waals surface area contributed by atoms with Gasteiger partial charge in [-0.25, -0.2) is 0 Å². The maximum Gasteiger partial charge on any atom is 0.252 e. The lowest BCUT2D eigenvalue weighted by molar-refractivity contribution is 0.0946. The van der Waals surface area contributed by atoms with Gasteiger partial charge >= 0.3 is 0 Å². The summed E-state index contributed by atoms with van der Waals surface area (Å²) in [4.78, 5) is 29.0. The number of carbonyl (C=O) groups excluding carboxylic acids is 2. The van der Waals surface area contributed by atoms with Crippen molar-refractivity contribution in [2.24, 2.45) is 0 Å². The summed E-state index contributed by atoms with van der Waals surface area (Å²) in [6.07, 6.45) is 1.57. The zero-order valence-electron chi connectivity index (χ0n) is 15.1. The zero-order valence-corrected chi connectivity index (χ0v) is 15.1. The van der Waals surface area contributed by atoms with Gasteiger partial charge in [-0.1, -0.05) is 18.2 Å². The van der Waals surface area contributed by atoms with Crippen LogP contribution in [0.3, 0.4) is 0 Å². The molecule has 0 atom stereocenters. The highest BCUT2D eigenvalue weighted by Gasteiger charge is 2.15. The summed E-state index contributed by atoms with van der Waals surface area (Å²) >= 11 is 0. The maximum absolute atomic E-state index is 12.4. The minimum Gasteiger partial charge on any atom is -0.351 e. The Morgan fingerprint density at radius 3 is 2.38 bits per heavy atom. The molecule has 0 saturated heterocycles. The third-order valence-corrected chi connectivity index (χ3v) is 3.70. The fourth-order valence-corrected chi connectivity index (χ4v) is 2.35. The van der Waals surface area contributed by atoms with E-state index in [0.29, 0.717) is 48.6 Å². The average Bonchev–Trinajstić information content (AvgIpc) is 2.68. The number of hydrogen-bond donors (Lipinski definition) is 4. The highest BCUT2D eigenvalue weighted by atomic mass is 16.2. The monoisotopic (exact) mass is 354 g/mol. The number of rotatable bonds is 9. The summed E-state index contributed by atoms with van der Waals surface area (Å²) in [6.45, 7) is 2.41. The van der Waals surface area contributed by atoms with Crippen molar-refractivity contribution in [1.82, 2.24) is 26.3 Å². The summed E-state index contributed by atoms with van der Waals surface area (Å²) < 4.78 is 0. The SMILES string of the molecule is CNCCNC(=O)c1ccnc(-c2ccc[c]c2C(=O)NCCNC)c1. The lowest BCUT2D eigenvalue weighted by Gasteiger charge is -2.11. The van der Waals surface area contributed by atoms with Crippen LogP contribution in [-0.4, -0.2) is 57.1 Å². The molecule has 0 saturated carbocycles. The Morgan fingerprint density at radius 1 is 1.00 bits per heavy atom. The molecule has 0 unspecified atom stereocenters. The van der Waals surface area contributed by atoms with Crippen molar-refractivity contribution < 1.29 is 9.59 Å². The summed E-state index contributed by atoms with van der Waals surface area (Å²) in [6, 6.07) is 11.6. The van der Waals surface area contributed by atoms with Crippen LogP contribution in [0.4, 0.5) is 0 Å². The molecule has 0 aliphatic carbocycles. The molecule has 0 fully saturated rings. The van der Waals surface area contributed by atoms with Gasteiger partial charge in [-0.3, -0.25) is 14.6 Å². The van der Waals surface area contributed by atoms with E-state index in [4.69, 9.17) is 0 Å². The molecular weight excluding hydrogens is 330 g/mol. The second-order valence-corrected chi connectivity index (χ2v) is 5.61. The average molecular weight is 354 g/mol. The number of amides is 2. The van der Waals surface area contributed by atoms with Crippen LogP contribution in [0, 0.1) is 6.07 Å². The third kappa shape index (κ3) is 5.37. The largest absolute Gasteiger partial charge is 0.351 e. The zero-order chi connectivity index (χ0) is 18.8. The van der Waals surface area contributed by atoms with E-state index in [1.807, 2.05) is 14.1 Å². The van der Waals surface area contributed by atoms with Gasteiger partial charge in [0.2, 0.25) is 0 Å². The van der Waals surface area contributed by atoms with Crippen molar-refractivity contribution in [2.45, 2.75) is 0 Å². The topological polar surface area (TPSA) is 95.2 Å². The number of nitrogens with zero attached hydrogens (tertiary/aromatic N) is 1. The number of likely N-dealkylation sites (N-methyl/N-ethyl adjacent to an activating group) is 2. The van der Waals surface area contributed by atoms with E-state index in [2.05, 4.69) is 32.3 Å². The van der Waals surface area contributed by atoms with Crippen molar-refractivity contribution in [3.63, 3.8) is 0 Å². The number of pyridine rings is 1. The van der Waals surface area contributed by atoms with Gasteiger partial charge in [-0.2, -0.15) is 0 Å². The van der Waals surface area contributed by atoms with Gasteiger partial charge in [0.05, 0.1) is 11.3 Å². The maximum atomic E-state index is 12.4. The molecule has 1 radical (unpaired) electrons. The summed E-state index contributed by atoms with van der Waals surface area (Å²) in [5, 5.41) is 11.6. The van der Waals surface area contributed by atoms with E-state index in [-0.39, 0.29) is 11.8 Å². The Morgan fingerprint density at radius 2 is 1.69 bits per heavy atom. The number of carbonyl (C=O) groups is 2. The smallest absolute Gasteiger partial charge is 0.252 e. The quantitative estimate of drug-likeness (QED) is 0.491. The summed E-state index contributed by atoms with van der Waals surface area (Å²) in [5.74, 6) is -0.398.